The molecule has 7 nitrogen and oxygen atoms in total. The summed E-state index contributed by atoms with van der Waals surface area (Å²) in [5.74, 6) is -2.16. The van der Waals surface area contributed by atoms with Crippen molar-refractivity contribution in [2.24, 2.45) is 16.7 Å². The van der Waals surface area contributed by atoms with Gasteiger partial charge in [-0.05, 0) is 25.0 Å². The first-order valence-corrected chi connectivity index (χ1v) is 8.21. The van der Waals surface area contributed by atoms with E-state index in [2.05, 4.69) is 23.2 Å². The maximum atomic E-state index is 10.1. The van der Waals surface area contributed by atoms with Gasteiger partial charge in [-0.15, -0.1) is 0 Å². The van der Waals surface area contributed by atoms with Gasteiger partial charge in [0.1, 0.15) is 6.10 Å². The molecule has 4 heterocycles. The molecule has 2 bridgehead atoms. The first-order chi connectivity index (χ1) is 12.1. The third-order valence-electron chi connectivity index (χ3n) is 5.77. The third-order valence-corrected chi connectivity index (χ3v) is 5.77. The maximum absolute atomic E-state index is 10.1. The molecule has 0 amide bonds. The quantitative estimate of drug-likeness (QED) is 0.841. The van der Waals surface area contributed by atoms with E-state index < -0.39 is 28.6 Å². The molecule has 3 saturated heterocycles. The second-order valence-electron chi connectivity index (χ2n) is 6.75. The number of nitrogens with zero attached hydrogens (tertiary/aromatic N) is 4. The molecule has 4 atom stereocenters. The van der Waals surface area contributed by atoms with E-state index in [4.69, 9.17) is 14.9 Å². The van der Waals surface area contributed by atoms with Gasteiger partial charge in [-0.1, -0.05) is 12.5 Å². The zero-order valence-corrected chi connectivity index (χ0v) is 13.4. The first-order valence-electron chi connectivity index (χ1n) is 8.21. The van der Waals surface area contributed by atoms with Crippen LogP contribution in [0.25, 0.3) is 0 Å². The van der Waals surface area contributed by atoms with Gasteiger partial charge in [0.15, 0.2) is 10.8 Å². The van der Waals surface area contributed by atoms with Crippen LogP contribution in [0.15, 0.2) is 24.4 Å². The molecule has 5 rings (SSSR count). The van der Waals surface area contributed by atoms with Crippen LogP contribution < -0.4 is 0 Å². The van der Waals surface area contributed by atoms with E-state index in [0.717, 1.165) is 12.8 Å². The number of nitrogens with one attached hydrogen (secondary N) is 1. The molecule has 3 aliphatic heterocycles. The molecule has 0 unspecified atom stereocenters. The van der Waals surface area contributed by atoms with Gasteiger partial charge in [-0.2, -0.15) is 15.8 Å². The summed E-state index contributed by atoms with van der Waals surface area (Å²) in [5, 5.41) is 38.6. The molecule has 0 radical (unpaired) electrons. The highest BCUT2D eigenvalue weighted by Crippen LogP contribution is 2.69. The Morgan fingerprint density at radius 2 is 1.96 bits per heavy atom. The largest absolute Gasteiger partial charge is 0.447 e. The Hall–Kier alpha value is -2.95. The second-order valence-corrected chi connectivity index (χ2v) is 6.75. The Morgan fingerprint density at radius 3 is 2.60 bits per heavy atom. The van der Waals surface area contributed by atoms with E-state index in [1.54, 1.807) is 24.4 Å². The van der Waals surface area contributed by atoms with Crippen LogP contribution in [0.4, 0.5) is 0 Å². The number of aromatic nitrogens is 1. The number of hydrogen-bond acceptors (Lipinski definition) is 7. The lowest BCUT2D eigenvalue weighted by Crippen LogP contribution is -2.73. The molecule has 1 aliphatic carbocycles. The fourth-order valence-electron chi connectivity index (χ4n) is 4.64. The van der Waals surface area contributed by atoms with E-state index in [-0.39, 0.29) is 5.90 Å². The summed E-state index contributed by atoms with van der Waals surface area (Å²) >= 11 is 0. The third kappa shape index (κ3) is 1.60. The van der Waals surface area contributed by atoms with Crippen molar-refractivity contribution < 1.29 is 9.47 Å². The number of nitriles is 3. The second kappa shape index (κ2) is 5.02. The molecular weight excluding hydrogens is 318 g/mol. The van der Waals surface area contributed by atoms with Crippen LogP contribution in [0, 0.1) is 56.2 Å². The lowest BCUT2D eigenvalue weighted by molar-refractivity contribution is -0.361. The molecule has 7 heteroatoms. The minimum Gasteiger partial charge on any atom is -0.447 e. The Balaban J connectivity index is 2.02. The van der Waals surface area contributed by atoms with Gasteiger partial charge in [0.25, 0.3) is 0 Å². The van der Waals surface area contributed by atoms with Gasteiger partial charge < -0.3 is 9.47 Å². The van der Waals surface area contributed by atoms with Crippen molar-refractivity contribution in [2.45, 2.75) is 37.6 Å². The van der Waals surface area contributed by atoms with Crippen LogP contribution in [0.5, 0.6) is 0 Å². The number of ether oxygens (including phenoxy) is 2. The fourth-order valence-corrected chi connectivity index (χ4v) is 4.64. The van der Waals surface area contributed by atoms with Crippen molar-refractivity contribution in [3.8, 4) is 18.2 Å². The minimum absolute atomic E-state index is 0.363. The molecule has 1 N–H and O–H groups in total. The monoisotopic (exact) mass is 333 g/mol. The van der Waals surface area contributed by atoms with Crippen LogP contribution in [-0.2, 0) is 9.47 Å². The number of fused-ring (bicyclic) bond motifs is 2. The summed E-state index contributed by atoms with van der Waals surface area (Å²) in [6.07, 6.45) is 3.24. The zero-order valence-electron chi connectivity index (χ0n) is 13.4. The molecule has 4 aliphatic rings. The van der Waals surface area contributed by atoms with Crippen LogP contribution in [0.2, 0.25) is 0 Å². The standard InChI is InChI=1S/C18H15N5O2/c19-9-16(10-20)13-6-1-3-7-18(13)24-14(12-5-2-4-8-23-12)17(16,11-21)15(22)25-18/h2,4-5,8,13-14,22H,1,3,6-7H2/t13-,14-,17+,18+/m0/s1. The van der Waals surface area contributed by atoms with Crippen molar-refractivity contribution in [3.63, 3.8) is 0 Å². The first kappa shape index (κ1) is 15.6. The van der Waals surface area contributed by atoms with Crippen molar-refractivity contribution in [1.82, 2.24) is 4.98 Å². The van der Waals surface area contributed by atoms with Crippen LogP contribution >= 0.6 is 0 Å². The Kier molecular flexibility index (Phi) is 3.13. The minimum atomic E-state index is -1.84. The lowest BCUT2D eigenvalue weighted by Gasteiger charge is -2.63. The zero-order chi connectivity index (χ0) is 17.7. The summed E-state index contributed by atoms with van der Waals surface area (Å²) in [4.78, 5) is 4.27. The molecule has 0 aromatic carbocycles. The molecular formula is C18H15N5O2. The molecule has 1 spiro atoms. The number of hydrogen-bond donors (Lipinski definition) is 1. The Bertz CT molecular complexity index is 850. The van der Waals surface area contributed by atoms with E-state index in [1.165, 1.54) is 0 Å². The fraction of sp³-hybridized carbons (Fsp3) is 0.500. The summed E-state index contributed by atoms with van der Waals surface area (Å²) in [6, 6.07) is 11.4. The topological polar surface area (TPSA) is 127 Å². The SMILES string of the molecule is N#CC1(C#N)[C@@H]2CCCC[C@@]23OC(=N)[C@@]1(C#N)[C@H](c1ccccn1)O3. The highest BCUT2D eigenvalue weighted by molar-refractivity contribution is 5.88. The summed E-state index contributed by atoms with van der Waals surface area (Å²) in [7, 11) is 0. The van der Waals surface area contributed by atoms with Crippen molar-refractivity contribution in [2.75, 3.05) is 0 Å². The van der Waals surface area contributed by atoms with Crippen molar-refractivity contribution in [1.29, 1.82) is 21.2 Å². The molecule has 1 aromatic rings. The smallest absolute Gasteiger partial charge is 0.218 e. The molecule has 1 saturated carbocycles. The normalized spacial score (nSPS) is 37.7. The van der Waals surface area contributed by atoms with Crippen LogP contribution in [0.1, 0.15) is 37.5 Å². The van der Waals surface area contributed by atoms with E-state index in [9.17, 15) is 15.8 Å². The van der Waals surface area contributed by atoms with Gasteiger partial charge in [0, 0.05) is 12.6 Å². The summed E-state index contributed by atoms with van der Waals surface area (Å²) < 4.78 is 12.0. The number of rotatable bonds is 1. The van der Waals surface area contributed by atoms with Crippen LogP contribution in [-0.4, -0.2) is 16.7 Å². The summed E-state index contributed by atoms with van der Waals surface area (Å²) in [6.45, 7) is 0. The highest BCUT2D eigenvalue weighted by atomic mass is 16.7. The Morgan fingerprint density at radius 1 is 1.16 bits per heavy atom. The van der Waals surface area contributed by atoms with Gasteiger partial charge >= 0.3 is 0 Å². The Labute approximate surface area is 144 Å². The van der Waals surface area contributed by atoms with E-state index in [1.807, 2.05) is 0 Å². The average Bonchev–Trinajstić information content (AvgIpc) is 2.66. The molecule has 25 heavy (non-hydrogen) atoms. The van der Waals surface area contributed by atoms with Gasteiger partial charge in [0.2, 0.25) is 11.7 Å². The predicted molar refractivity (Wildman–Crippen MR) is 83.3 cm³/mol. The maximum Gasteiger partial charge on any atom is 0.218 e. The van der Waals surface area contributed by atoms with Crippen molar-refractivity contribution >= 4 is 5.90 Å². The molecule has 4 fully saturated rings. The van der Waals surface area contributed by atoms with Gasteiger partial charge in [-0.25, -0.2) is 0 Å². The van der Waals surface area contributed by atoms with Gasteiger partial charge in [0.05, 0.1) is 29.8 Å². The molecule has 1 aromatic heterocycles. The highest BCUT2D eigenvalue weighted by Gasteiger charge is 2.80. The predicted octanol–water partition coefficient (Wildman–Crippen LogP) is 2.59. The van der Waals surface area contributed by atoms with Gasteiger partial charge in [-0.3, -0.25) is 10.4 Å². The average molecular weight is 333 g/mol. The lowest BCUT2D eigenvalue weighted by atomic mass is 9.48. The summed E-state index contributed by atoms with van der Waals surface area (Å²) in [5.41, 5.74) is -3.12. The molecule has 124 valence electrons. The van der Waals surface area contributed by atoms with E-state index in [0.29, 0.717) is 18.5 Å². The number of pyridine rings is 1. The van der Waals surface area contributed by atoms with Crippen molar-refractivity contribution in [3.05, 3.63) is 30.1 Å². The van der Waals surface area contributed by atoms with E-state index >= 15 is 0 Å². The van der Waals surface area contributed by atoms with Crippen LogP contribution in [0.3, 0.4) is 0 Å².